The van der Waals surface area contributed by atoms with E-state index in [4.69, 9.17) is 10.8 Å². The molecule has 5 heteroatoms. The first-order valence-electron chi connectivity index (χ1n) is 4.90. The van der Waals surface area contributed by atoms with Gasteiger partial charge in [0, 0.05) is 12.5 Å². The summed E-state index contributed by atoms with van der Waals surface area (Å²) in [5.41, 5.74) is 5.80. The number of halogens is 2. The molecule has 0 aliphatic carbocycles. The summed E-state index contributed by atoms with van der Waals surface area (Å²) in [6.07, 6.45) is 0.306. The standard InChI is InChI=1S/C11H13F2NO2/c12-8-1-3-10(13)7(5-8)6-9(14)2-4-11(15)16/h1,3,5,9H,2,4,6,14H2,(H,15,16). The molecule has 1 unspecified atom stereocenters. The van der Waals surface area contributed by atoms with Crippen LogP contribution in [0.3, 0.4) is 0 Å². The summed E-state index contributed by atoms with van der Waals surface area (Å²) in [7, 11) is 0. The summed E-state index contributed by atoms with van der Waals surface area (Å²) < 4.78 is 26.0. The molecule has 1 aromatic carbocycles. The number of carboxylic acids is 1. The predicted octanol–water partition coefficient (Wildman–Crippen LogP) is 1.70. The number of benzene rings is 1. The van der Waals surface area contributed by atoms with Gasteiger partial charge in [-0.1, -0.05) is 0 Å². The molecule has 0 spiro atoms. The molecule has 0 radical (unpaired) electrons. The molecule has 16 heavy (non-hydrogen) atoms. The molecule has 0 saturated carbocycles. The number of nitrogens with two attached hydrogens (primary N) is 1. The Labute approximate surface area is 91.9 Å². The molecule has 1 aromatic rings. The fraction of sp³-hybridized carbons (Fsp3) is 0.364. The lowest BCUT2D eigenvalue weighted by Gasteiger charge is -2.10. The monoisotopic (exact) mass is 229 g/mol. The van der Waals surface area contributed by atoms with Crippen LogP contribution in [0.4, 0.5) is 8.78 Å². The predicted molar refractivity (Wildman–Crippen MR) is 54.9 cm³/mol. The molecule has 0 fully saturated rings. The number of carboxylic acid groups (broad SMARTS) is 1. The Bertz CT molecular complexity index is 382. The van der Waals surface area contributed by atoms with Crippen molar-refractivity contribution in [2.24, 2.45) is 5.73 Å². The van der Waals surface area contributed by atoms with Gasteiger partial charge in [-0.25, -0.2) is 8.78 Å². The van der Waals surface area contributed by atoms with Crippen LogP contribution in [-0.2, 0) is 11.2 Å². The quantitative estimate of drug-likeness (QED) is 0.807. The van der Waals surface area contributed by atoms with Crippen LogP contribution in [0.25, 0.3) is 0 Å². The molecule has 0 saturated heterocycles. The zero-order valence-electron chi connectivity index (χ0n) is 8.62. The van der Waals surface area contributed by atoms with Crippen LogP contribution < -0.4 is 5.73 Å². The first-order valence-corrected chi connectivity index (χ1v) is 4.90. The van der Waals surface area contributed by atoms with Crippen molar-refractivity contribution in [3.63, 3.8) is 0 Å². The van der Waals surface area contributed by atoms with Crippen molar-refractivity contribution in [2.75, 3.05) is 0 Å². The molecule has 88 valence electrons. The molecule has 1 rings (SSSR count). The third kappa shape index (κ3) is 3.94. The molecule has 3 N–H and O–H groups in total. The number of hydrogen-bond acceptors (Lipinski definition) is 2. The zero-order chi connectivity index (χ0) is 12.1. The maximum absolute atomic E-state index is 13.2. The normalized spacial score (nSPS) is 12.4. The molecule has 0 bridgehead atoms. The van der Waals surface area contributed by atoms with Crippen LogP contribution in [0, 0.1) is 11.6 Å². The van der Waals surface area contributed by atoms with Crippen LogP contribution in [-0.4, -0.2) is 17.1 Å². The van der Waals surface area contributed by atoms with Crippen molar-refractivity contribution in [3.8, 4) is 0 Å². The molecule has 0 aliphatic heterocycles. The van der Waals surface area contributed by atoms with Gasteiger partial charge in [0.1, 0.15) is 11.6 Å². The lowest BCUT2D eigenvalue weighted by Crippen LogP contribution is -2.24. The first kappa shape index (κ1) is 12.6. The second-order valence-electron chi connectivity index (χ2n) is 3.63. The van der Waals surface area contributed by atoms with Crippen LogP contribution >= 0.6 is 0 Å². The Morgan fingerprint density at radius 2 is 2.12 bits per heavy atom. The Morgan fingerprint density at radius 3 is 2.75 bits per heavy atom. The second kappa shape index (κ2) is 5.55. The number of carbonyl (C=O) groups is 1. The molecule has 0 amide bonds. The Morgan fingerprint density at radius 1 is 1.44 bits per heavy atom. The zero-order valence-corrected chi connectivity index (χ0v) is 8.62. The number of hydrogen-bond donors (Lipinski definition) is 2. The second-order valence-corrected chi connectivity index (χ2v) is 3.63. The van der Waals surface area contributed by atoms with Crippen molar-refractivity contribution in [1.82, 2.24) is 0 Å². The minimum absolute atomic E-state index is 0.0713. The van der Waals surface area contributed by atoms with E-state index >= 15 is 0 Å². The summed E-state index contributed by atoms with van der Waals surface area (Å²) >= 11 is 0. The van der Waals surface area contributed by atoms with Gasteiger partial charge in [-0.3, -0.25) is 4.79 Å². The molecule has 0 aliphatic rings. The summed E-state index contributed by atoms with van der Waals surface area (Å²) in [5.74, 6) is -2.00. The number of aliphatic carboxylic acids is 1. The van der Waals surface area contributed by atoms with E-state index in [-0.39, 0.29) is 24.8 Å². The molecular formula is C11H13F2NO2. The minimum atomic E-state index is -0.949. The minimum Gasteiger partial charge on any atom is -0.481 e. The van der Waals surface area contributed by atoms with E-state index in [1.807, 2.05) is 0 Å². The SMILES string of the molecule is NC(CCC(=O)O)Cc1cc(F)ccc1F. The third-order valence-electron chi connectivity index (χ3n) is 2.22. The van der Waals surface area contributed by atoms with E-state index in [1.54, 1.807) is 0 Å². The van der Waals surface area contributed by atoms with Gasteiger partial charge in [-0.05, 0) is 36.6 Å². The lowest BCUT2D eigenvalue weighted by molar-refractivity contribution is -0.137. The van der Waals surface area contributed by atoms with Gasteiger partial charge in [0.25, 0.3) is 0 Å². The first-order chi connectivity index (χ1) is 7.49. The van der Waals surface area contributed by atoms with Crippen molar-refractivity contribution < 1.29 is 18.7 Å². The smallest absolute Gasteiger partial charge is 0.303 e. The van der Waals surface area contributed by atoms with Crippen molar-refractivity contribution >= 4 is 5.97 Å². The van der Waals surface area contributed by atoms with Crippen molar-refractivity contribution in [2.45, 2.75) is 25.3 Å². The van der Waals surface area contributed by atoms with Crippen LogP contribution in [0.2, 0.25) is 0 Å². The van der Waals surface area contributed by atoms with Gasteiger partial charge in [0.2, 0.25) is 0 Å². The summed E-state index contributed by atoms with van der Waals surface area (Å²) in [4.78, 5) is 10.3. The number of rotatable bonds is 5. The average molecular weight is 229 g/mol. The van der Waals surface area contributed by atoms with E-state index in [2.05, 4.69) is 0 Å². The van der Waals surface area contributed by atoms with E-state index < -0.39 is 23.6 Å². The van der Waals surface area contributed by atoms with Crippen LogP contribution in [0.15, 0.2) is 18.2 Å². The maximum atomic E-state index is 13.2. The molecule has 3 nitrogen and oxygen atoms in total. The molecule has 0 aromatic heterocycles. The van der Waals surface area contributed by atoms with Gasteiger partial charge in [-0.2, -0.15) is 0 Å². The van der Waals surface area contributed by atoms with E-state index in [0.717, 1.165) is 18.2 Å². The summed E-state index contributed by atoms with van der Waals surface area (Å²) in [6.45, 7) is 0. The molecule has 0 heterocycles. The molecular weight excluding hydrogens is 216 g/mol. The van der Waals surface area contributed by atoms with E-state index in [1.165, 1.54) is 0 Å². The van der Waals surface area contributed by atoms with Crippen molar-refractivity contribution in [1.29, 1.82) is 0 Å². The lowest BCUT2D eigenvalue weighted by atomic mass is 10.0. The highest BCUT2D eigenvalue weighted by atomic mass is 19.1. The summed E-state index contributed by atoms with van der Waals surface area (Å²) in [5, 5.41) is 8.44. The van der Waals surface area contributed by atoms with Crippen molar-refractivity contribution in [3.05, 3.63) is 35.4 Å². The van der Waals surface area contributed by atoms with Crippen LogP contribution in [0.1, 0.15) is 18.4 Å². The van der Waals surface area contributed by atoms with Gasteiger partial charge in [-0.15, -0.1) is 0 Å². The van der Waals surface area contributed by atoms with Gasteiger partial charge >= 0.3 is 5.97 Å². The van der Waals surface area contributed by atoms with E-state index in [0.29, 0.717) is 0 Å². The van der Waals surface area contributed by atoms with Gasteiger partial charge in [0.05, 0.1) is 0 Å². The molecule has 1 atom stereocenters. The highest BCUT2D eigenvalue weighted by Gasteiger charge is 2.10. The van der Waals surface area contributed by atoms with Crippen LogP contribution in [0.5, 0.6) is 0 Å². The average Bonchev–Trinajstić information content (AvgIpc) is 2.20. The highest BCUT2D eigenvalue weighted by molar-refractivity contribution is 5.66. The van der Waals surface area contributed by atoms with Gasteiger partial charge in [0.15, 0.2) is 0 Å². The van der Waals surface area contributed by atoms with Gasteiger partial charge < -0.3 is 10.8 Å². The summed E-state index contributed by atoms with van der Waals surface area (Å²) in [6, 6.07) is 2.67. The van der Waals surface area contributed by atoms with E-state index in [9.17, 15) is 13.6 Å². The largest absolute Gasteiger partial charge is 0.481 e. The third-order valence-corrected chi connectivity index (χ3v) is 2.22. The Balaban J connectivity index is 2.58. The highest BCUT2D eigenvalue weighted by Crippen LogP contribution is 2.12. The Hall–Kier alpha value is -1.49. The fourth-order valence-electron chi connectivity index (χ4n) is 1.39. The topological polar surface area (TPSA) is 63.3 Å². The fourth-order valence-corrected chi connectivity index (χ4v) is 1.39. The Kier molecular flexibility index (Phi) is 4.37. The maximum Gasteiger partial charge on any atom is 0.303 e.